The third-order valence-electron chi connectivity index (χ3n) is 1.48. The molecule has 0 spiro atoms. The first-order chi connectivity index (χ1) is 5.74. The van der Waals surface area contributed by atoms with E-state index in [0.29, 0.717) is 5.56 Å². The van der Waals surface area contributed by atoms with Crippen LogP contribution in [0.5, 0.6) is 0 Å². The number of aliphatic hydroxyl groups is 1. The van der Waals surface area contributed by atoms with Crippen molar-refractivity contribution in [3.8, 4) is 0 Å². The number of esters is 1. The molecule has 0 aliphatic carbocycles. The van der Waals surface area contributed by atoms with Crippen LogP contribution in [0.4, 0.5) is 0 Å². The van der Waals surface area contributed by atoms with Crippen molar-refractivity contribution in [3.63, 3.8) is 0 Å². The third kappa shape index (κ3) is 2.07. The van der Waals surface area contributed by atoms with Gasteiger partial charge in [0.25, 0.3) is 0 Å². The minimum Gasteiger partial charge on any atom is -0.435 e. The van der Waals surface area contributed by atoms with E-state index in [9.17, 15) is 4.79 Å². The Bertz CT molecular complexity index is 264. The topological polar surface area (TPSA) is 46.5 Å². The summed E-state index contributed by atoms with van der Waals surface area (Å²) < 4.78 is 4.38. The smallest absolute Gasteiger partial charge is 0.340 e. The van der Waals surface area contributed by atoms with Crippen molar-refractivity contribution < 1.29 is 14.6 Å². The van der Waals surface area contributed by atoms with Gasteiger partial charge in [-0.2, -0.15) is 0 Å². The van der Waals surface area contributed by atoms with Crippen molar-refractivity contribution >= 4 is 5.97 Å². The van der Waals surface area contributed by atoms with Crippen LogP contribution < -0.4 is 0 Å². The fraction of sp³-hybridized carbons (Fsp3) is 0.222. The predicted octanol–water partition coefficient (Wildman–Crippen LogP) is 1.10. The van der Waals surface area contributed by atoms with Crippen LogP contribution in [0.15, 0.2) is 24.3 Å². The summed E-state index contributed by atoms with van der Waals surface area (Å²) in [6, 6.07) is 6.95. The molecule has 12 heavy (non-hydrogen) atoms. The molecule has 3 nitrogen and oxygen atoms in total. The van der Waals surface area contributed by atoms with E-state index >= 15 is 0 Å². The molecule has 0 fully saturated rings. The van der Waals surface area contributed by atoms with E-state index in [4.69, 9.17) is 5.11 Å². The van der Waals surface area contributed by atoms with Gasteiger partial charge in [0.1, 0.15) is 0 Å². The van der Waals surface area contributed by atoms with Crippen molar-refractivity contribution in [2.75, 3.05) is 6.79 Å². The minimum atomic E-state index is -0.577. The van der Waals surface area contributed by atoms with E-state index < -0.39 is 12.8 Å². The summed E-state index contributed by atoms with van der Waals surface area (Å²) in [6.07, 6.45) is 0. The second kappa shape index (κ2) is 3.88. The normalized spacial score (nSPS) is 9.50. The highest BCUT2D eigenvalue weighted by Gasteiger charge is 2.04. The van der Waals surface area contributed by atoms with Gasteiger partial charge in [-0.05, 0) is 19.1 Å². The van der Waals surface area contributed by atoms with Gasteiger partial charge in [-0.15, -0.1) is 0 Å². The average molecular weight is 166 g/mol. The van der Waals surface area contributed by atoms with Gasteiger partial charge in [0.05, 0.1) is 5.56 Å². The quantitative estimate of drug-likeness (QED) is 0.528. The fourth-order valence-electron chi connectivity index (χ4n) is 0.832. The monoisotopic (exact) mass is 166 g/mol. The molecule has 0 saturated heterocycles. The van der Waals surface area contributed by atoms with Crippen LogP contribution in [0, 0.1) is 6.92 Å². The van der Waals surface area contributed by atoms with Crippen LogP contribution in [0.25, 0.3) is 0 Å². The average Bonchev–Trinajstić information content (AvgIpc) is 2.06. The minimum absolute atomic E-state index is 0.453. The molecule has 1 aromatic carbocycles. The Hall–Kier alpha value is -1.35. The molecule has 0 radical (unpaired) electrons. The first-order valence-corrected chi connectivity index (χ1v) is 3.58. The number of aliphatic hydroxyl groups excluding tert-OH is 1. The summed E-state index contributed by atoms with van der Waals surface area (Å²) in [4.78, 5) is 11.0. The second-order valence-corrected chi connectivity index (χ2v) is 2.43. The van der Waals surface area contributed by atoms with Gasteiger partial charge in [0.15, 0.2) is 6.79 Å². The van der Waals surface area contributed by atoms with Gasteiger partial charge in [-0.3, -0.25) is 0 Å². The van der Waals surface area contributed by atoms with E-state index in [-0.39, 0.29) is 0 Å². The zero-order chi connectivity index (χ0) is 8.97. The lowest BCUT2D eigenvalue weighted by atomic mass is 10.2. The lowest BCUT2D eigenvalue weighted by Gasteiger charge is -2.00. The molecule has 1 aromatic rings. The fourth-order valence-corrected chi connectivity index (χ4v) is 0.832. The molecule has 3 heteroatoms. The molecule has 0 amide bonds. The van der Waals surface area contributed by atoms with Crippen molar-refractivity contribution in [2.45, 2.75) is 6.92 Å². The Morgan fingerprint density at radius 1 is 1.42 bits per heavy atom. The first kappa shape index (κ1) is 8.74. The molecule has 1 N–H and O–H groups in total. The Balaban J connectivity index is 2.75. The van der Waals surface area contributed by atoms with Gasteiger partial charge >= 0.3 is 5.97 Å². The van der Waals surface area contributed by atoms with Gasteiger partial charge in [0.2, 0.25) is 0 Å². The first-order valence-electron chi connectivity index (χ1n) is 3.58. The molecule has 0 aliphatic rings. The summed E-state index contributed by atoms with van der Waals surface area (Å²) >= 11 is 0. The Kier molecular flexibility index (Phi) is 2.82. The third-order valence-corrected chi connectivity index (χ3v) is 1.48. The standard InChI is InChI=1S/C9H10O3/c1-7-2-4-8(5-3-7)9(11)12-6-10/h2-5,10H,6H2,1H3. The number of benzene rings is 1. The molecular formula is C9H10O3. The lowest BCUT2D eigenvalue weighted by Crippen LogP contribution is -2.05. The maximum Gasteiger partial charge on any atom is 0.340 e. The summed E-state index contributed by atoms with van der Waals surface area (Å²) in [6.45, 7) is 1.36. The van der Waals surface area contributed by atoms with E-state index in [1.807, 2.05) is 19.1 Å². The van der Waals surface area contributed by atoms with Crippen LogP contribution in [-0.4, -0.2) is 17.9 Å². The zero-order valence-electron chi connectivity index (χ0n) is 6.78. The molecule has 0 unspecified atom stereocenters. The number of carbonyl (C=O) groups excluding carboxylic acids is 1. The number of rotatable bonds is 2. The molecule has 1 rings (SSSR count). The summed E-state index contributed by atoms with van der Waals surface area (Å²) in [5.41, 5.74) is 1.53. The number of carbonyl (C=O) groups is 1. The summed E-state index contributed by atoms with van der Waals surface area (Å²) in [7, 11) is 0. The van der Waals surface area contributed by atoms with Crippen LogP contribution in [0.1, 0.15) is 15.9 Å². The van der Waals surface area contributed by atoms with Crippen LogP contribution >= 0.6 is 0 Å². The highest BCUT2D eigenvalue weighted by molar-refractivity contribution is 5.89. The maximum atomic E-state index is 11.0. The number of hydrogen-bond donors (Lipinski definition) is 1. The van der Waals surface area contributed by atoms with Crippen LogP contribution in [0.3, 0.4) is 0 Å². The van der Waals surface area contributed by atoms with Gasteiger partial charge < -0.3 is 9.84 Å². The van der Waals surface area contributed by atoms with Crippen LogP contribution in [0.2, 0.25) is 0 Å². The summed E-state index contributed by atoms with van der Waals surface area (Å²) in [5, 5.41) is 8.31. The van der Waals surface area contributed by atoms with E-state index in [1.54, 1.807) is 12.1 Å². The van der Waals surface area contributed by atoms with E-state index in [0.717, 1.165) is 5.56 Å². The molecule has 0 heterocycles. The Morgan fingerprint density at radius 2 is 2.00 bits per heavy atom. The second-order valence-electron chi connectivity index (χ2n) is 2.43. The Morgan fingerprint density at radius 3 is 2.50 bits per heavy atom. The number of aryl methyl sites for hydroxylation is 1. The highest BCUT2D eigenvalue weighted by Crippen LogP contribution is 2.04. The molecule has 0 aliphatic heterocycles. The van der Waals surface area contributed by atoms with Crippen molar-refractivity contribution in [1.82, 2.24) is 0 Å². The summed E-state index contributed by atoms with van der Waals surface area (Å²) in [5.74, 6) is -0.502. The maximum absolute atomic E-state index is 11.0. The number of hydrogen-bond acceptors (Lipinski definition) is 3. The van der Waals surface area contributed by atoms with Crippen molar-refractivity contribution in [1.29, 1.82) is 0 Å². The van der Waals surface area contributed by atoms with Gasteiger partial charge in [0, 0.05) is 0 Å². The highest BCUT2D eigenvalue weighted by atomic mass is 16.6. The molecule has 0 aromatic heterocycles. The number of ether oxygens (including phenoxy) is 1. The van der Waals surface area contributed by atoms with Crippen molar-refractivity contribution in [2.24, 2.45) is 0 Å². The van der Waals surface area contributed by atoms with Gasteiger partial charge in [-0.25, -0.2) is 4.79 Å². The largest absolute Gasteiger partial charge is 0.435 e. The Labute approximate surface area is 70.6 Å². The molecule has 0 saturated carbocycles. The molecular weight excluding hydrogens is 156 g/mol. The SMILES string of the molecule is Cc1ccc(C(=O)OCO)cc1. The molecule has 64 valence electrons. The predicted molar refractivity (Wildman–Crippen MR) is 43.7 cm³/mol. The van der Waals surface area contributed by atoms with Gasteiger partial charge in [-0.1, -0.05) is 17.7 Å². The van der Waals surface area contributed by atoms with E-state index in [1.165, 1.54) is 0 Å². The molecule has 0 atom stereocenters. The zero-order valence-corrected chi connectivity index (χ0v) is 6.78. The lowest BCUT2D eigenvalue weighted by molar-refractivity contribution is 0.00684. The molecule has 0 bridgehead atoms. The van der Waals surface area contributed by atoms with Crippen LogP contribution in [-0.2, 0) is 4.74 Å². The van der Waals surface area contributed by atoms with Crippen molar-refractivity contribution in [3.05, 3.63) is 35.4 Å². The van der Waals surface area contributed by atoms with E-state index in [2.05, 4.69) is 4.74 Å².